The number of likely N-dealkylation sites (tertiary alicyclic amines) is 1. The summed E-state index contributed by atoms with van der Waals surface area (Å²) in [6.45, 7) is 7.18. The molecule has 3 heterocycles. The van der Waals surface area contributed by atoms with Gasteiger partial charge in [0.1, 0.15) is 11.5 Å². The van der Waals surface area contributed by atoms with Crippen LogP contribution in [0.4, 0.5) is 11.4 Å². The number of aliphatic hydroxyl groups excluding tert-OH is 1. The zero-order chi connectivity index (χ0) is 38.2. The van der Waals surface area contributed by atoms with Crippen LogP contribution >= 0.6 is 0 Å². The number of fused-ring (bicyclic) bond motifs is 2. The first-order valence-corrected chi connectivity index (χ1v) is 18.7. The molecule has 3 amide bonds. The topological polar surface area (TPSA) is 118 Å². The monoisotopic (exact) mass is 731 g/mol. The average Bonchev–Trinajstić information content (AvgIpc) is 3.85. The highest BCUT2D eigenvalue weighted by Gasteiger charge is 2.66. The van der Waals surface area contributed by atoms with E-state index in [0.29, 0.717) is 23.5 Å². The zero-order valence-electron chi connectivity index (χ0n) is 31.6. The highest BCUT2D eigenvalue weighted by molar-refractivity contribution is 6.08. The van der Waals surface area contributed by atoms with Gasteiger partial charge in [-0.15, -0.1) is 0 Å². The van der Waals surface area contributed by atoms with Crippen LogP contribution in [0, 0.1) is 11.8 Å². The Labute approximate surface area is 317 Å². The van der Waals surface area contributed by atoms with Crippen molar-refractivity contribution in [3.05, 3.63) is 119 Å². The van der Waals surface area contributed by atoms with Crippen LogP contribution in [0.2, 0.25) is 0 Å². The van der Waals surface area contributed by atoms with Gasteiger partial charge in [-0.25, -0.2) is 0 Å². The van der Waals surface area contributed by atoms with Crippen LogP contribution in [0.5, 0.6) is 11.5 Å². The number of ether oxygens (including phenoxy) is 3. The molecule has 2 saturated heterocycles. The molecule has 0 bridgehead atoms. The summed E-state index contributed by atoms with van der Waals surface area (Å²) in [5.74, 6) is 0.348. The quantitative estimate of drug-likeness (QED) is 0.176. The number of hydrogen-bond acceptors (Lipinski definition) is 7. The minimum absolute atomic E-state index is 0.0691. The Balaban J connectivity index is 1.21. The molecule has 0 saturated carbocycles. The van der Waals surface area contributed by atoms with Crippen LogP contribution in [-0.2, 0) is 31.9 Å². The molecule has 282 valence electrons. The van der Waals surface area contributed by atoms with Gasteiger partial charge in [-0.2, -0.15) is 0 Å². The van der Waals surface area contributed by atoms with Crippen molar-refractivity contribution in [3.63, 3.8) is 0 Å². The van der Waals surface area contributed by atoms with Crippen molar-refractivity contribution in [2.45, 2.75) is 69.7 Å². The summed E-state index contributed by atoms with van der Waals surface area (Å²) in [5, 5.41) is 13.0. The minimum Gasteiger partial charge on any atom is -0.497 e. The van der Waals surface area contributed by atoms with Crippen LogP contribution in [0.1, 0.15) is 67.1 Å². The van der Waals surface area contributed by atoms with Gasteiger partial charge in [-0.05, 0) is 84.0 Å². The lowest BCUT2D eigenvalue weighted by molar-refractivity contribution is -0.150. The van der Waals surface area contributed by atoms with Gasteiger partial charge in [0.25, 0.3) is 11.8 Å². The molecule has 2 N–H and O–H groups in total. The summed E-state index contributed by atoms with van der Waals surface area (Å²) in [6, 6.07) is 30.0. The number of hydrogen-bond donors (Lipinski definition) is 2. The number of amides is 3. The zero-order valence-corrected chi connectivity index (χ0v) is 31.6. The van der Waals surface area contributed by atoms with Crippen molar-refractivity contribution in [2.24, 2.45) is 11.8 Å². The van der Waals surface area contributed by atoms with E-state index in [1.807, 2.05) is 60.7 Å². The van der Waals surface area contributed by atoms with Crippen molar-refractivity contribution >= 4 is 29.1 Å². The molecule has 0 radical (unpaired) electrons. The number of rotatable bonds is 11. The van der Waals surface area contributed by atoms with Crippen molar-refractivity contribution < 1.29 is 33.7 Å². The summed E-state index contributed by atoms with van der Waals surface area (Å²) in [6.07, 6.45) is 1.12. The number of benzene rings is 4. The van der Waals surface area contributed by atoms with Crippen LogP contribution < -0.4 is 19.7 Å². The number of carbonyl (C=O) groups is 3. The largest absolute Gasteiger partial charge is 0.497 e. The van der Waals surface area contributed by atoms with Gasteiger partial charge in [0, 0.05) is 35.2 Å². The molecule has 4 aromatic rings. The molecular weight excluding hydrogens is 682 g/mol. The highest BCUT2D eigenvalue weighted by Crippen LogP contribution is 2.60. The summed E-state index contributed by atoms with van der Waals surface area (Å²) in [7, 11) is 3.22. The molecule has 0 aromatic heterocycles. The number of anilines is 2. The van der Waals surface area contributed by atoms with E-state index in [9.17, 15) is 14.7 Å². The van der Waals surface area contributed by atoms with Gasteiger partial charge in [0.05, 0.1) is 51.6 Å². The third kappa shape index (κ3) is 6.51. The highest BCUT2D eigenvalue weighted by atomic mass is 16.5. The molecule has 0 aliphatic carbocycles. The van der Waals surface area contributed by atoms with E-state index in [2.05, 4.69) is 38.2 Å². The molecule has 10 nitrogen and oxygen atoms in total. The fraction of sp³-hybridized carbons (Fsp3) is 0.386. The third-order valence-electron chi connectivity index (χ3n) is 11.9. The Hall–Kier alpha value is -5.19. The summed E-state index contributed by atoms with van der Waals surface area (Å²) < 4.78 is 17.8. The fourth-order valence-electron chi connectivity index (χ4n) is 9.14. The molecule has 54 heavy (non-hydrogen) atoms. The fourth-order valence-corrected chi connectivity index (χ4v) is 9.14. The van der Waals surface area contributed by atoms with Gasteiger partial charge >= 0.3 is 0 Å². The van der Waals surface area contributed by atoms with Crippen LogP contribution in [0.3, 0.4) is 0 Å². The lowest BCUT2D eigenvalue weighted by Gasteiger charge is -2.39. The number of para-hydroxylation sites is 1. The maximum absolute atomic E-state index is 15.2. The van der Waals surface area contributed by atoms with E-state index in [1.165, 1.54) is 0 Å². The lowest BCUT2D eigenvalue weighted by atomic mass is 9.63. The van der Waals surface area contributed by atoms with Crippen molar-refractivity contribution in [1.29, 1.82) is 0 Å². The predicted molar refractivity (Wildman–Crippen MR) is 207 cm³/mol. The molecule has 4 aromatic carbocycles. The first-order valence-electron chi connectivity index (χ1n) is 18.7. The second-order valence-corrected chi connectivity index (χ2v) is 15.2. The summed E-state index contributed by atoms with van der Waals surface area (Å²) in [5.41, 5.74) is 2.68. The third-order valence-corrected chi connectivity index (χ3v) is 11.9. The maximum atomic E-state index is 15.2. The van der Waals surface area contributed by atoms with Crippen molar-refractivity contribution in [2.75, 3.05) is 37.6 Å². The minimum atomic E-state index is -1.34. The summed E-state index contributed by atoms with van der Waals surface area (Å²) >= 11 is 0. The second-order valence-electron chi connectivity index (χ2n) is 15.2. The van der Waals surface area contributed by atoms with Gasteiger partial charge in [-0.1, -0.05) is 63.2 Å². The normalized spacial score (nSPS) is 23.5. The van der Waals surface area contributed by atoms with E-state index < -0.39 is 17.1 Å². The van der Waals surface area contributed by atoms with Gasteiger partial charge < -0.3 is 34.4 Å². The van der Waals surface area contributed by atoms with E-state index in [4.69, 9.17) is 14.2 Å². The Morgan fingerprint density at radius 3 is 2.31 bits per heavy atom. The Kier molecular flexibility index (Phi) is 10.3. The van der Waals surface area contributed by atoms with Gasteiger partial charge in [0.15, 0.2) is 5.60 Å². The van der Waals surface area contributed by atoms with Gasteiger partial charge in [-0.3, -0.25) is 14.4 Å². The molecule has 0 unspecified atom stereocenters. The van der Waals surface area contributed by atoms with Crippen LogP contribution in [-0.4, -0.2) is 67.2 Å². The molecular formula is C44H49N3O7. The molecule has 1 spiro atoms. The van der Waals surface area contributed by atoms with E-state index >= 15 is 4.79 Å². The Morgan fingerprint density at radius 2 is 1.63 bits per heavy atom. The van der Waals surface area contributed by atoms with Crippen molar-refractivity contribution in [1.82, 2.24) is 4.90 Å². The van der Waals surface area contributed by atoms with E-state index in [1.54, 1.807) is 48.3 Å². The molecule has 7 rings (SSSR count). The Bertz CT molecular complexity index is 2010. The summed E-state index contributed by atoms with van der Waals surface area (Å²) in [4.78, 5) is 45.8. The molecule has 5 atom stereocenters. The van der Waals surface area contributed by atoms with E-state index in [-0.39, 0.29) is 55.2 Å². The predicted octanol–water partition coefficient (Wildman–Crippen LogP) is 6.70. The molecule has 10 heteroatoms. The molecule has 3 aliphatic heterocycles. The first-order chi connectivity index (χ1) is 26.0. The lowest BCUT2D eigenvalue weighted by Crippen LogP contribution is -2.45. The van der Waals surface area contributed by atoms with E-state index in [0.717, 1.165) is 41.0 Å². The van der Waals surface area contributed by atoms with Crippen LogP contribution in [0.15, 0.2) is 97.1 Å². The smallest absolute Gasteiger partial charge is 0.264 e. The van der Waals surface area contributed by atoms with Gasteiger partial charge in [0.2, 0.25) is 5.91 Å². The molecule has 2 fully saturated rings. The number of methoxy groups -OCH3 is 2. The number of nitrogens with one attached hydrogen (secondary N) is 1. The number of aliphatic hydroxyl groups is 1. The Morgan fingerprint density at radius 1 is 0.944 bits per heavy atom. The number of carbonyl (C=O) groups excluding carboxylic acids is 3. The SMILES string of the molecule is COc1ccc(C(=O)Nc2cccc(CN3C(=O)[C@@]4(O[C@@H](CC(=O)N5CCC[C@H]5CO)[C@H](C(C)(C)c5ccc(OC)cc5)[C@H]4C)c4ccccc43)c2)cc1. The maximum Gasteiger partial charge on any atom is 0.264 e. The first kappa shape index (κ1) is 37.1. The molecule has 3 aliphatic rings. The number of nitrogens with zero attached hydrogens (tertiary/aromatic N) is 2. The van der Waals surface area contributed by atoms with Crippen LogP contribution in [0.25, 0.3) is 0 Å². The van der Waals surface area contributed by atoms with Crippen molar-refractivity contribution in [3.8, 4) is 11.5 Å². The average molecular weight is 732 g/mol. The second kappa shape index (κ2) is 14.9. The standard InChI is InChI=1S/C44H49N3O7/c1-28-40(43(2,3)31-17-21-35(53-5)22-18-31)38(25-39(49)46-23-9-12-33(46)27-48)54-44(28)36-13-6-7-14-37(36)47(42(44)51)26-29-10-8-11-32(24-29)45-41(50)30-15-19-34(52-4)20-16-30/h6-8,10-11,13-22,24,28,33,38,40,48H,9,12,23,25-27H2,1-5H3,(H,45,50)/t28-,33+,38+,40-,44+/m1/s1.